The maximum absolute atomic E-state index is 12.2. The first-order valence-corrected chi connectivity index (χ1v) is 7.61. The number of rotatable bonds is 4. The van der Waals surface area contributed by atoms with Gasteiger partial charge in [0.25, 0.3) is 0 Å². The molecule has 1 heterocycles. The second-order valence-electron chi connectivity index (χ2n) is 6.37. The maximum atomic E-state index is 12.2. The number of carbonyl (C=O) groups excluding carboxylic acids is 1. The van der Waals surface area contributed by atoms with E-state index < -0.39 is 0 Å². The third-order valence-corrected chi connectivity index (χ3v) is 4.73. The molecule has 2 rings (SSSR count). The van der Waals surface area contributed by atoms with Crippen LogP contribution in [0.3, 0.4) is 0 Å². The molecule has 1 aliphatic heterocycles. The molecule has 1 N–H and O–H groups in total. The summed E-state index contributed by atoms with van der Waals surface area (Å²) in [5.41, 5.74) is 0. The number of nitrogens with one attached hydrogen (secondary N) is 1. The van der Waals surface area contributed by atoms with Crippen molar-refractivity contribution in [2.24, 2.45) is 17.8 Å². The fraction of sp³-hybridized carbons (Fsp3) is 0.933. The quantitative estimate of drug-likeness (QED) is 0.832. The molecule has 2 unspecified atom stereocenters. The Labute approximate surface area is 111 Å². The summed E-state index contributed by atoms with van der Waals surface area (Å²) in [6.45, 7) is 5.37. The van der Waals surface area contributed by atoms with E-state index in [2.05, 4.69) is 17.1 Å². The van der Waals surface area contributed by atoms with Crippen LogP contribution < -0.4 is 5.32 Å². The van der Waals surface area contributed by atoms with Crippen LogP contribution in [0.5, 0.6) is 0 Å². The van der Waals surface area contributed by atoms with E-state index in [1.165, 1.54) is 32.1 Å². The molecule has 104 valence electrons. The van der Waals surface area contributed by atoms with Gasteiger partial charge in [-0.05, 0) is 57.0 Å². The fourth-order valence-electron chi connectivity index (χ4n) is 3.56. The van der Waals surface area contributed by atoms with Crippen molar-refractivity contribution in [2.75, 3.05) is 26.7 Å². The Morgan fingerprint density at radius 3 is 2.44 bits per heavy atom. The molecule has 0 bridgehead atoms. The normalized spacial score (nSPS) is 29.8. The smallest absolute Gasteiger partial charge is 0.222 e. The highest BCUT2D eigenvalue weighted by molar-refractivity contribution is 5.76. The Kier molecular flexibility index (Phi) is 5.04. The standard InChI is InChI=1S/C15H28N2O/c1-12-3-4-14(9-12)10-15(18)17-7-5-13(6-8-17)11-16-2/h12-14,16H,3-11H2,1-2H3. The van der Waals surface area contributed by atoms with Gasteiger partial charge in [-0.25, -0.2) is 0 Å². The highest BCUT2D eigenvalue weighted by atomic mass is 16.2. The van der Waals surface area contributed by atoms with Crippen LogP contribution >= 0.6 is 0 Å². The van der Waals surface area contributed by atoms with E-state index in [1.807, 2.05) is 7.05 Å². The zero-order chi connectivity index (χ0) is 13.0. The molecular formula is C15H28N2O. The van der Waals surface area contributed by atoms with Gasteiger partial charge in [0, 0.05) is 19.5 Å². The van der Waals surface area contributed by atoms with Crippen LogP contribution in [0.4, 0.5) is 0 Å². The second-order valence-corrected chi connectivity index (χ2v) is 6.37. The first-order chi connectivity index (χ1) is 8.69. The van der Waals surface area contributed by atoms with Crippen LogP contribution in [-0.2, 0) is 4.79 Å². The predicted octanol–water partition coefficient (Wildman–Crippen LogP) is 2.27. The molecule has 0 spiro atoms. The lowest BCUT2D eigenvalue weighted by molar-refractivity contribution is -0.133. The second kappa shape index (κ2) is 6.55. The molecule has 0 aromatic rings. The van der Waals surface area contributed by atoms with Crippen LogP contribution in [0.25, 0.3) is 0 Å². The predicted molar refractivity (Wildman–Crippen MR) is 74.4 cm³/mol. The molecule has 0 aromatic carbocycles. The number of nitrogens with zero attached hydrogens (tertiary/aromatic N) is 1. The minimum absolute atomic E-state index is 0.414. The lowest BCUT2D eigenvalue weighted by Gasteiger charge is -2.32. The molecule has 18 heavy (non-hydrogen) atoms. The molecule has 2 atom stereocenters. The third-order valence-electron chi connectivity index (χ3n) is 4.73. The van der Waals surface area contributed by atoms with Crippen molar-refractivity contribution in [3.8, 4) is 0 Å². The summed E-state index contributed by atoms with van der Waals surface area (Å²) in [4.78, 5) is 14.3. The van der Waals surface area contributed by atoms with Crippen molar-refractivity contribution >= 4 is 5.91 Å². The van der Waals surface area contributed by atoms with Gasteiger partial charge in [-0.15, -0.1) is 0 Å². The van der Waals surface area contributed by atoms with E-state index in [4.69, 9.17) is 0 Å². The molecule has 2 aliphatic rings. The molecule has 2 fully saturated rings. The summed E-state index contributed by atoms with van der Waals surface area (Å²) < 4.78 is 0. The van der Waals surface area contributed by atoms with Gasteiger partial charge in [0.15, 0.2) is 0 Å². The summed E-state index contributed by atoms with van der Waals surface area (Å²) in [6.07, 6.45) is 7.01. The lowest BCUT2D eigenvalue weighted by Crippen LogP contribution is -2.40. The van der Waals surface area contributed by atoms with Crippen molar-refractivity contribution in [3.63, 3.8) is 0 Å². The average molecular weight is 252 g/mol. The van der Waals surface area contributed by atoms with Crippen LogP contribution in [0.1, 0.15) is 45.4 Å². The minimum Gasteiger partial charge on any atom is -0.343 e. The number of hydrogen-bond acceptors (Lipinski definition) is 2. The fourth-order valence-corrected chi connectivity index (χ4v) is 3.56. The zero-order valence-electron chi connectivity index (χ0n) is 12.0. The van der Waals surface area contributed by atoms with Crippen LogP contribution in [0, 0.1) is 17.8 Å². The Morgan fingerprint density at radius 1 is 1.17 bits per heavy atom. The molecule has 0 radical (unpaired) electrons. The Hall–Kier alpha value is -0.570. The van der Waals surface area contributed by atoms with Gasteiger partial charge in [0.1, 0.15) is 0 Å². The SMILES string of the molecule is CNCC1CCN(C(=O)CC2CCC(C)C2)CC1. The van der Waals surface area contributed by atoms with Crippen molar-refractivity contribution in [3.05, 3.63) is 0 Å². The van der Waals surface area contributed by atoms with Crippen molar-refractivity contribution in [2.45, 2.75) is 45.4 Å². The van der Waals surface area contributed by atoms with Crippen LogP contribution in [0.2, 0.25) is 0 Å². The zero-order valence-corrected chi connectivity index (χ0v) is 12.0. The molecular weight excluding hydrogens is 224 g/mol. The number of carbonyl (C=O) groups is 1. The number of piperidine rings is 1. The molecule has 1 saturated heterocycles. The van der Waals surface area contributed by atoms with Crippen molar-refractivity contribution in [1.29, 1.82) is 0 Å². The maximum Gasteiger partial charge on any atom is 0.222 e. The van der Waals surface area contributed by atoms with Crippen molar-refractivity contribution in [1.82, 2.24) is 10.2 Å². The Morgan fingerprint density at radius 2 is 1.89 bits per heavy atom. The van der Waals surface area contributed by atoms with E-state index in [0.29, 0.717) is 11.8 Å². The molecule has 1 aliphatic carbocycles. The molecule has 0 aromatic heterocycles. The summed E-state index contributed by atoms with van der Waals surface area (Å²) in [5.74, 6) is 2.69. The summed E-state index contributed by atoms with van der Waals surface area (Å²) in [6, 6.07) is 0. The van der Waals surface area contributed by atoms with E-state index >= 15 is 0 Å². The Balaban J connectivity index is 1.70. The van der Waals surface area contributed by atoms with Gasteiger partial charge in [0.05, 0.1) is 0 Å². The highest BCUT2D eigenvalue weighted by Crippen LogP contribution is 2.33. The van der Waals surface area contributed by atoms with Gasteiger partial charge >= 0.3 is 0 Å². The Bertz CT molecular complexity index is 272. The largest absolute Gasteiger partial charge is 0.343 e. The van der Waals surface area contributed by atoms with Gasteiger partial charge in [0.2, 0.25) is 5.91 Å². The highest BCUT2D eigenvalue weighted by Gasteiger charge is 2.27. The number of hydrogen-bond donors (Lipinski definition) is 1. The van der Waals surface area contributed by atoms with Gasteiger partial charge < -0.3 is 10.2 Å². The minimum atomic E-state index is 0.414. The molecule has 1 saturated carbocycles. The van der Waals surface area contributed by atoms with Gasteiger partial charge in [-0.1, -0.05) is 13.3 Å². The summed E-state index contributed by atoms with van der Waals surface area (Å²) in [7, 11) is 2.01. The molecule has 3 nitrogen and oxygen atoms in total. The van der Waals surface area contributed by atoms with Crippen molar-refractivity contribution < 1.29 is 4.79 Å². The van der Waals surface area contributed by atoms with E-state index in [0.717, 1.165) is 37.9 Å². The first-order valence-electron chi connectivity index (χ1n) is 7.61. The first kappa shape index (κ1) is 13.9. The van der Waals surface area contributed by atoms with Crippen LogP contribution in [0.15, 0.2) is 0 Å². The van der Waals surface area contributed by atoms with E-state index in [1.54, 1.807) is 0 Å². The number of likely N-dealkylation sites (tertiary alicyclic amines) is 1. The third kappa shape index (κ3) is 3.71. The monoisotopic (exact) mass is 252 g/mol. The van der Waals surface area contributed by atoms with Gasteiger partial charge in [-0.3, -0.25) is 4.79 Å². The van der Waals surface area contributed by atoms with E-state index in [9.17, 15) is 4.79 Å². The molecule has 1 amide bonds. The average Bonchev–Trinajstić information content (AvgIpc) is 2.76. The van der Waals surface area contributed by atoms with E-state index in [-0.39, 0.29) is 0 Å². The summed E-state index contributed by atoms with van der Waals surface area (Å²) >= 11 is 0. The van der Waals surface area contributed by atoms with Crippen LogP contribution in [-0.4, -0.2) is 37.5 Å². The lowest BCUT2D eigenvalue weighted by atomic mass is 9.95. The summed E-state index contributed by atoms with van der Waals surface area (Å²) in [5, 5.41) is 3.24. The topological polar surface area (TPSA) is 32.3 Å². The molecule has 3 heteroatoms. The number of amides is 1. The van der Waals surface area contributed by atoms with Gasteiger partial charge in [-0.2, -0.15) is 0 Å².